The minimum absolute atomic E-state index is 0.161. The van der Waals surface area contributed by atoms with E-state index in [9.17, 15) is 4.79 Å². The summed E-state index contributed by atoms with van der Waals surface area (Å²) in [5, 5.41) is 3.86. The molecular weight excluding hydrogens is 250 g/mol. The van der Waals surface area contributed by atoms with Crippen LogP contribution in [0.1, 0.15) is 57.8 Å². The van der Waals surface area contributed by atoms with Crippen LogP contribution in [0, 0.1) is 0 Å². The van der Waals surface area contributed by atoms with E-state index in [4.69, 9.17) is 0 Å². The molecule has 1 aliphatic heterocycles. The molecular formula is C16H31N3O. The summed E-state index contributed by atoms with van der Waals surface area (Å²) < 4.78 is 0. The van der Waals surface area contributed by atoms with E-state index in [1.54, 1.807) is 4.90 Å². The lowest BCUT2D eigenvalue weighted by Gasteiger charge is -2.36. The maximum absolute atomic E-state index is 11.9. The Morgan fingerprint density at radius 2 is 1.40 bits per heavy atom. The third-order valence-electron chi connectivity index (χ3n) is 4.72. The summed E-state index contributed by atoms with van der Waals surface area (Å²) in [4.78, 5) is 15.6. The van der Waals surface area contributed by atoms with Crippen LogP contribution in [0.5, 0.6) is 0 Å². The zero-order chi connectivity index (χ0) is 14.4. The highest BCUT2D eigenvalue weighted by atomic mass is 16.2. The first-order valence-corrected chi connectivity index (χ1v) is 8.39. The summed E-state index contributed by atoms with van der Waals surface area (Å²) in [6, 6.07) is 1.50. The van der Waals surface area contributed by atoms with Crippen LogP contribution in [-0.4, -0.2) is 55.1 Å². The van der Waals surface area contributed by atoms with E-state index in [2.05, 4.69) is 5.32 Å². The molecule has 1 saturated heterocycles. The molecule has 2 rings (SSSR count). The van der Waals surface area contributed by atoms with E-state index in [1.807, 2.05) is 19.0 Å². The number of nitrogens with one attached hydrogen (secondary N) is 1. The molecule has 0 atom stereocenters. The van der Waals surface area contributed by atoms with E-state index in [0.717, 1.165) is 32.0 Å². The van der Waals surface area contributed by atoms with Crippen molar-refractivity contribution in [2.24, 2.45) is 0 Å². The summed E-state index contributed by atoms with van der Waals surface area (Å²) in [5.41, 5.74) is 0. The van der Waals surface area contributed by atoms with Crippen molar-refractivity contribution in [2.45, 2.75) is 69.9 Å². The molecule has 0 spiro atoms. The highest BCUT2D eigenvalue weighted by Crippen LogP contribution is 2.19. The number of hydrogen-bond acceptors (Lipinski definition) is 2. The Balaban J connectivity index is 1.71. The van der Waals surface area contributed by atoms with Crippen molar-refractivity contribution in [1.82, 2.24) is 15.1 Å². The first kappa shape index (κ1) is 15.6. The fourth-order valence-electron chi connectivity index (χ4n) is 3.48. The zero-order valence-corrected chi connectivity index (χ0v) is 13.2. The van der Waals surface area contributed by atoms with Gasteiger partial charge in [-0.1, -0.05) is 32.1 Å². The van der Waals surface area contributed by atoms with Crippen molar-refractivity contribution in [3.63, 3.8) is 0 Å². The third-order valence-corrected chi connectivity index (χ3v) is 4.72. The number of carbonyl (C=O) groups is 1. The van der Waals surface area contributed by atoms with Gasteiger partial charge in [0.05, 0.1) is 0 Å². The SMILES string of the molecule is CN(C)C(=O)N1CCC(NC2CCCCCCC2)CC1. The summed E-state index contributed by atoms with van der Waals surface area (Å²) in [6.45, 7) is 1.81. The topological polar surface area (TPSA) is 35.6 Å². The van der Waals surface area contributed by atoms with Gasteiger partial charge in [-0.05, 0) is 25.7 Å². The molecule has 4 nitrogen and oxygen atoms in total. The zero-order valence-electron chi connectivity index (χ0n) is 13.2. The highest BCUT2D eigenvalue weighted by Gasteiger charge is 2.25. The predicted octanol–water partition coefficient (Wildman–Crippen LogP) is 2.83. The van der Waals surface area contributed by atoms with E-state index >= 15 is 0 Å². The second-order valence-corrected chi connectivity index (χ2v) is 6.65. The molecule has 0 aromatic heterocycles. The Kier molecular flexibility index (Phi) is 6.14. The number of likely N-dealkylation sites (tertiary alicyclic amines) is 1. The van der Waals surface area contributed by atoms with E-state index in [0.29, 0.717) is 6.04 Å². The number of nitrogens with zero attached hydrogens (tertiary/aromatic N) is 2. The smallest absolute Gasteiger partial charge is 0.319 e. The van der Waals surface area contributed by atoms with Gasteiger partial charge in [0.1, 0.15) is 0 Å². The first-order chi connectivity index (χ1) is 9.66. The minimum Gasteiger partial charge on any atom is -0.331 e. The summed E-state index contributed by atoms with van der Waals surface area (Å²) in [7, 11) is 3.67. The predicted molar refractivity (Wildman–Crippen MR) is 82.9 cm³/mol. The number of amides is 2. The highest BCUT2D eigenvalue weighted by molar-refractivity contribution is 5.73. The molecule has 1 saturated carbocycles. The monoisotopic (exact) mass is 281 g/mol. The molecule has 0 unspecified atom stereocenters. The van der Waals surface area contributed by atoms with Crippen LogP contribution in [0.4, 0.5) is 4.79 Å². The molecule has 1 N–H and O–H groups in total. The Bertz CT molecular complexity index is 290. The van der Waals surface area contributed by atoms with Gasteiger partial charge < -0.3 is 15.1 Å². The molecule has 0 radical (unpaired) electrons. The Labute approximate surface area is 123 Å². The van der Waals surface area contributed by atoms with E-state index in [1.165, 1.54) is 44.9 Å². The van der Waals surface area contributed by atoms with Gasteiger partial charge in [-0.15, -0.1) is 0 Å². The Morgan fingerprint density at radius 3 is 1.95 bits per heavy atom. The number of carbonyl (C=O) groups excluding carboxylic acids is 1. The number of hydrogen-bond donors (Lipinski definition) is 1. The second kappa shape index (κ2) is 7.87. The van der Waals surface area contributed by atoms with E-state index < -0.39 is 0 Å². The molecule has 1 aliphatic carbocycles. The first-order valence-electron chi connectivity index (χ1n) is 8.39. The fourth-order valence-corrected chi connectivity index (χ4v) is 3.48. The van der Waals surface area contributed by atoms with Crippen LogP contribution in [0.25, 0.3) is 0 Å². The summed E-state index contributed by atoms with van der Waals surface area (Å²) in [6.07, 6.45) is 11.9. The van der Waals surface area contributed by atoms with Gasteiger partial charge in [0, 0.05) is 39.3 Å². The Hall–Kier alpha value is -0.770. The average Bonchev–Trinajstić information content (AvgIpc) is 2.41. The van der Waals surface area contributed by atoms with Crippen LogP contribution < -0.4 is 5.32 Å². The third kappa shape index (κ3) is 4.65. The van der Waals surface area contributed by atoms with Crippen molar-refractivity contribution < 1.29 is 4.79 Å². The largest absolute Gasteiger partial charge is 0.331 e. The van der Waals surface area contributed by atoms with Crippen molar-refractivity contribution in [2.75, 3.05) is 27.2 Å². The molecule has 20 heavy (non-hydrogen) atoms. The molecule has 0 aromatic carbocycles. The van der Waals surface area contributed by atoms with Crippen LogP contribution in [0.3, 0.4) is 0 Å². The standard InChI is InChI=1S/C16H31N3O/c1-18(2)16(20)19-12-10-15(11-13-19)17-14-8-6-4-3-5-7-9-14/h14-15,17H,3-13H2,1-2H3. The Morgan fingerprint density at radius 1 is 0.900 bits per heavy atom. The average molecular weight is 281 g/mol. The van der Waals surface area contributed by atoms with Gasteiger partial charge in [0.15, 0.2) is 0 Å². The lowest BCUT2D eigenvalue weighted by atomic mass is 9.95. The van der Waals surface area contributed by atoms with Gasteiger partial charge in [0.2, 0.25) is 0 Å². The molecule has 2 amide bonds. The van der Waals surface area contributed by atoms with Crippen LogP contribution in [0.15, 0.2) is 0 Å². The number of piperidine rings is 1. The normalized spacial score (nSPS) is 23.2. The second-order valence-electron chi connectivity index (χ2n) is 6.65. The number of urea groups is 1. The van der Waals surface area contributed by atoms with Crippen molar-refractivity contribution in [3.05, 3.63) is 0 Å². The van der Waals surface area contributed by atoms with E-state index in [-0.39, 0.29) is 6.03 Å². The van der Waals surface area contributed by atoms with Crippen molar-refractivity contribution >= 4 is 6.03 Å². The minimum atomic E-state index is 0.161. The molecule has 2 aliphatic rings. The van der Waals surface area contributed by atoms with Crippen LogP contribution in [0.2, 0.25) is 0 Å². The van der Waals surface area contributed by atoms with Gasteiger partial charge in [-0.25, -0.2) is 4.79 Å². The molecule has 0 aromatic rings. The van der Waals surface area contributed by atoms with Crippen molar-refractivity contribution in [1.29, 1.82) is 0 Å². The maximum Gasteiger partial charge on any atom is 0.319 e. The molecule has 1 heterocycles. The quantitative estimate of drug-likeness (QED) is 0.845. The fraction of sp³-hybridized carbons (Fsp3) is 0.938. The summed E-state index contributed by atoms with van der Waals surface area (Å²) in [5.74, 6) is 0. The van der Waals surface area contributed by atoms with Gasteiger partial charge >= 0.3 is 6.03 Å². The van der Waals surface area contributed by atoms with Crippen molar-refractivity contribution in [3.8, 4) is 0 Å². The molecule has 0 bridgehead atoms. The molecule has 116 valence electrons. The molecule has 4 heteroatoms. The summed E-state index contributed by atoms with van der Waals surface area (Å²) >= 11 is 0. The lowest BCUT2D eigenvalue weighted by molar-refractivity contribution is 0.149. The van der Waals surface area contributed by atoms with Gasteiger partial charge in [-0.2, -0.15) is 0 Å². The molecule has 2 fully saturated rings. The van der Waals surface area contributed by atoms with Crippen LogP contribution >= 0.6 is 0 Å². The maximum atomic E-state index is 11.9. The number of rotatable bonds is 2. The van der Waals surface area contributed by atoms with Gasteiger partial charge in [0.25, 0.3) is 0 Å². The van der Waals surface area contributed by atoms with Gasteiger partial charge in [-0.3, -0.25) is 0 Å². The lowest BCUT2D eigenvalue weighted by Crippen LogP contribution is -2.50. The van der Waals surface area contributed by atoms with Crippen LogP contribution in [-0.2, 0) is 0 Å².